The van der Waals surface area contributed by atoms with Gasteiger partial charge in [0.05, 0.1) is 25.9 Å². The summed E-state index contributed by atoms with van der Waals surface area (Å²) in [5, 5.41) is 19.9. The van der Waals surface area contributed by atoms with Gasteiger partial charge in [-0.05, 0) is 0 Å². The second-order valence-electron chi connectivity index (χ2n) is 6.37. The Hall–Kier alpha value is -2.34. The summed E-state index contributed by atoms with van der Waals surface area (Å²) in [4.78, 5) is 28.9. The molecule has 25 heavy (non-hydrogen) atoms. The molecule has 0 amide bonds. The maximum atomic E-state index is 12.2. The van der Waals surface area contributed by atoms with Crippen LogP contribution in [0.1, 0.15) is 6.23 Å². The van der Waals surface area contributed by atoms with Crippen LogP contribution in [0.5, 0.6) is 0 Å². The van der Waals surface area contributed by atoms with Crippen LogP contribution in [0.15, 0.2) is 16.1 Å². The molecule has 2 bridgehead atoms. The van der Waals surface area contributed by atoms with Crippen molar-refractivity contribution in [2.45, 2.75) is 24.0 Å². The first-order valence-corrected chi connectivity index (χ1v) is 7.71. The van der Waals surface area contributed by atoms with E-state index in [2.05, 4.69) is 19.9 Å². The van der Waals surface area contributed by atoms with E-state index in [1.54, 1.807) is 19.0 Å². The van der Waals surface area contributed by atoms with Gasteiger partial charge in [0.15, 0.2) is 17.4 Å². The smallest absolute Gasteiger partial charge is 0.280 e. The molecule has 2 saturated heterocycles. The van der Waals surface area contributed by atoms with Crippen molar-refractivity contribution in [3.63, 3.8) is 0 Å². The minimum Gasteiger partial charge on any atom is -0.393 e. The zero-order valence-corrected chi connectivity index (χ0v) is 13.7. The van der Waals surface area contributed by atoms with Gasteiger partial charge in [0.1, 0.15) is 17.8 Å². The van der Waals surface area contributed by atoms with E-state index in [0.717, 1.165) is 0 Å². The number of ether oxygens (including phenoxy) is 2. The number of aromatic amines is 1. The third kappa shape index (κ3) is 2.35. The van der Waals surface area contributed by atoms with Crippen LogP contribution in [0, 0.1) is 0 Å². The number of hydrogen-bond donors (Lipinski definition) is 3. The standard InChI is InChI=1S/C14H18N6O5/c1-19(2)5-16-13-17-10-7(11(23)18-13)15-6-20(10)12-8-9(22)14(3-21,25-12)4-24-8/h5-6,8-9,12,21-22H,3-4H2,1-2H3,(H,17,18,23)/t8?,9-,12-,14+/m1/s1. The van der Waals surface area contributed by atoms with E-state index in [1.165, 1.54) is 17.2 Å². The average Bonchev–Trinajstić information content (AvgIpc) is 3.23. The molecule has 0 radical (unpaired) electrons. The molecular formula is C14H18N6O5. The van der Waals surface area contributed by atoms with Gasteiger partial charge in [-0.2, -0.15) is 4.98 Å². The van der Waals surface area contributed by atoms with E-state index in [9.17, 15) is 15.0 Å². The summed E-state index contributed by atoms with van der Waals surface area (Å²) >= 11 is 0. The summed E-state index contributed by atoms with van der Waals surface area (Å²) < 4.78 is 12.9. The maximum Gasteiger partial charge on any atom is 0.280 e. The van der Waals surface area contributed by atoms with Crippen molar-refractivity contribution in [2.24, 2.45) is 4.99 Å². The van der Waals surface area contributed by atoms with E-state index < -0.39 is 29.6 Å². The predicted octanol–water partition coefficient (Wildman–Crippen LogP) is -1.64. The number of H-pyrrole nitrogens is 1. The maximum absolute atomic E-state index is 12.2. The quantitative estimate of drug-likeness (QED) is 0.441. The monoisotopic (exact) mass is 350 g/mol. The summed E-state index contributed by atoms with van der Waals surface area (Å²) in [7, 11) is 3.58. The molecular weight excluding hydrogens is 332 g/mol. The first kappa shape index (κ1) is 16.1. The van der Waals surface area contributed by atoms with Crippen molar-refractivity contribution in [3.05, 3.63) is 16.7 Å². The average molecular weight is 350 g/mol. The lowest BCUT2D eigenvalue weighted by molar-refractivity contribution is -0.185. The zero-order valence-electron chi connectivity index (χ0n) is 13.7. The number of aliphatic hydroxyl groups excluding tert-OH is 2. The Morgan fingerprint density at radius 1 is 1.60 bits per heavy atom. The zero-order chi connectivity index (χ0) is 17.8. The van der Waals surface area contributed by atoms with Crippen LogP contribution >= 0.6 is 0 Å². The highest BCUT2D eigenvalue weighted by Gasteiger charge is 2.61. The molecule has 2 aromatic rings. The van der Waals surface area contributed by atoms with Crippen LogP contribution in [0.4, 0.5) is 5.95 Å². The molecule has 4 atom stereocenters. The molecule has 2 aliphatic rings. The molecule has 2 aliphatic heterocycles. The van der Waals surface area contributed by atoms with E-state index in [1.807, 2.05) is 0 Å². The molecule has 11 heteroatoms. The summed E-state index contributed by atoms with van der Waals surface area (Å²) in [6, 6.07) is 0. The van der Waals surface area contributed by atoms with Crippen LogP contribution in [0.25, 0.3) is 11.2 Å². The number of nitrogens with one attached hydrogen (secondary N) is 1. The fraction of sp³-hybridized carbons (Fsp3) is 0.571. The normalized spacial score (nSPS) is 31.4. The second kappa shape index (κ2) is 5.59. The Morgan fingerprint density at radius 3 is 3.08 bits per heavy atom. The second-order valence-corrected chi connectivity index (χ2v) is 6.37. The Morgan fingerprint density at radius 2 is 2.40 bits per heavy atom. The number of imidazole rings is 1. The lowest BCUT2D eigenvalue weighted by atomic mass is 10.0. The number of fused-ring (bicyclic) bond motifs is 3. The van der Waals surface area contributed by atoms with E-state index in [4.69, 9.17) is 9.47 Å². The van der Waals surface area contributed by atoms with E-state index in [0.29, 0.717) is 0 Å². The SMILES string of the molecule is CN(C)C=Nc1nc2c(ncn2[C@@H]2O[C@@]3(CO)COC2[C@H]3O)c(=O)[nH]1. The number of rotatable bonds is 4. The number of aliphatic hydroxyl groups is 2. The van der Waals surface area contributed by atoms with Gasteiger partial charge in [0, 0.05) is 14.1 Å². The fourth-order valence-electron chi connectivity index (χ4n) is 3.09. The van der Waals surface area contributed by atoms with Gasteiger partial charge in [-0.25, -0.2) is 9.98 Å². The van der Waals surface area contributed by atoms with Crippen molar-refractivity contribution < 1.29 is 19.7 Å². The molecule has 134 valence electrons. The number of hydrogen-bond acceptors (Lipinski definition) is 8. The Kier molecular flexibility index (Phi) is 3.61. The highest BCUT2D eigenvalue weighted by Crippen LogP contribution is 2.45. The third-order valence-corrected chi connectivity index (χ3v) is 4.38. The molecule has 4 rings (SSSR count). The summed E-state index contributed by atoms with van der Waals surface area (Å²) in [6.45, 7) is -0.273. The van der Waals surface area contributed by atoms with Crippen molar-refractivity contribution >= 4 is 23.5 Å². The molecule has 4 heterocycles. The predicted molar refractivity (Wildman–Crippen MR) is 85.7 cm³/mol. The van der Waals surface area contributed by atoms with Gasteiger partial charge in [-0.3, -0.25) is 14.3 Å². The van der Waals surface area contributed by atoms with Gasteiger partial charge in [-0.1, -0.05) is 0 Å². The van der Waals surface area contributed by atoms with Crippen molar-refractivity contribution in [1.29, 1.82) is 0 Å². The molecule has 0 aliphatic carbocycles. The summed E-state index contributed by atoms with van der Waals surface area (Å²) in [5.74, 6) is 0.120. The van der Waals surface area contributed by atoms with Gasteiger partial charge in [0.2, 0.25) is 5.95 Å². The number of nitrogens with zero attached hydrogens (tertiary/aromatic N) is 5. The van der Waals surface area contributed by atoms with Crippen molar-refractivity contribution in [2.75, 3.05) is 27.3 Å². The summed E-state index contributed by atoms with van der Waals surface area (Å²) in [6.07, 6.45) is 0.499. The van der Waals surface area contributed by atoms with Crippen molar-refractivity contribution in [1.82, 2.24) is 24.4 Å². The minimum atomic E-state index is -1.17. The molecule has 0 aromatic carbocycles. The largest absolute Gasteiger partial charge is 0.393 e. The van der Waals surface area contributed by atoms with Crippen LogP contribution < -0.4 is 5.56 Å². The topological polar surface area (TPSA) is 138 Å². The van der Waals surface area contributed by atoms with Gasteiger partial charge in [-0.15, -0.1) is 0 Å². The highest BCUT2D eigenvalue weighted by atomic mass is 16.7. The Balaban J connectivity index is 1.78. The number of aliphatic imine (C=N–C) groups is 1. The van der Waals surface area contributed by atoms with Crippen LogP contribution in [0.2, 0.25) is 0 Å². The van der Waals surface area contributed by atoms with E-state index in [-0.39, 0.29) is 30.3 Å². The Bertz CT molecular complexity index is 891. The molecule has 3 N–H and O–H groups in total. The number of aromatic nitrogens is 4. The van der Waals surface area contributed by atoms with Crippen LogP contribution in [-0.2, 0) is 9.47 Å². The minimum absolute atomic E-state index is 0.102. The first-order chi connectivity index (χ1) is 11.9. The summed E-state index contributed by atoms with van der Waals surface area (Å²) in [5.41, 5.74) is -1.21. The Labute approximate surface area is 141 Å². The first-order valence-electron chi connectivity index (χ1n) is 7.71. The van der Waals surface area contributed by atoms with E-state index >= 15 is 0 Å². The fourth-order valence-corrected chi connectivity index (χ4v) is 3.09. The highest BCUT2D eigenvalue weighted by molar-refractivity contribution is 5.71. The van der Waals surface area contributed by atoms with Gasteiger partial charge in [0.25, 0.3) is 5.56 Å². The molecule has 2 aromatic heterocycles. The molecule has 2 fully saturated rings. The van der Waals surface area contributed by atoms with Crippen LogP contribution in [-0.4, -0.2) is 86.1 Å². The lowest BCUT2D eigenvalue weighted by Crippen LogP contribution is -2.44. The molecule has 11 nitrogen and oxygen atoms in total. The molecule has 0 spiro atoms. The van der Waals surface area contributed by atoms with Gasteiger partial charge >= 0.3 is 0 Å². The third-order valence-electron chi connectivity index (χ3n) is 4.38. The van der Waals surface area contributed by atoms with Crippen LogP contribution in [0.3, 0.4) is 0 Å². The molecule has 1 unspecified atom stereocenters. The molecule has 0 saturated carbocycles. The van der Waals surface area contributed by atoms with Crippen molar-refractivity contribution in [3.8, 4) is 0 Å². The lowest BCUT2D eigenvalue weighted by Gasteiger charge is -2.29. The van der Waals surface area contributed by atoms with Gasteiger partial charge < -0.3 is 24.6 Å².